The molecule has 0 bridgehead atoms. The molecule has 2 aliphatic heterocycles. The number of primary sulfonamides is 1. The van der Waals surface area contributed by atoms with E-state index in [2.05, 4.69) is 10.2 Å². The summed E-state index contributed by atoms with van der Waals surface area (Å²) in [7, 11) is -3.86. The largest absolute Gasteiger partial charge is 0.378 e. The van der Waals surface area contributed by atoms with Crippen LogP contribution in [0.4, 0.5) is 10.1 Å². The normalized spacial score (nSPS) is 26.6. The maximum Gasteiger partial charge on any atom is 0.238 e. The van der Waals surface area contributed by atoms with Crippen LogP contribution in [-0.4, -0.2) is 38.5 Å². The number of halogens is 1. The van der Waals surface area contributed by atoms with E-state index in [1.165, 1.54) is 25.0 Å². The summed E-state index contributed by atoms with van der Waals surface area (Å²) in [5, 5.41) is 8.24. The minimum atomic E-state index is -3.86. The third-order valence-corrected chi connectivity index (χ3v) is 5.38. The number of benzene rings is 1. The van der Waals surface area contributed by atoms with E-state index >= 15 is 0 Å². The van der Waals surface area contributed by atoms with Crippen LogP contribution in [0.5, 0.6) is 0 Å². The summed E-state index contributed by atoms with van der Waals surface area (Å²) in [6.07, 6.45) is 4.57. The van der Waals surface area contributed by atoms with E-state index in [-0.39, 0.29) is 10.9 Å². The highest BCUT2D eigenvalue weighted by Gasteiger charge is 2.35. The molecular formula is C14H20FN3O2S. The van der Waals surface area contributed by atoms with Gasteiger partial charge in [0.1, 0.15) is 5.82 Å². The first kappa shape index (κ1) is 14.7. The van der Waals surface area contributed by atoms with Gasteiger partial charge in [-0.05, 0) is 44.0 Å². The fourth-order valence-electron chi connectivity index (χ4n) is 3.41. The van der Waals surface area contributed by atoms with Crippen molar-refractivity contribution in [3.8, 4) is 0 Å². The second-order valence-electron chi connectivity index (χ2n) is 5.83. The van der Waals surface area contributed by atoms with Gasteiger partial charge in [0.15, 0.2) is 0 Å². The zero-order valence-electron chi connectivity index (χ0n) is 11.8. The first-order valence-electron chi connectivity index (χ1n) is 7.28. The van der Waals surface area contributed by atoms with Crippen molar-refractivity contribution >= 4 is 15.7 Å². The molecule has 2 aliphatic rings. The monoisotopic (exact) mass is 313 g/mol. The molecule has 0 aromatic heterocycles. The summed E-state index contributed by atoms with van der Waals surface area (Å²) in [4.78, 5) is 2.26. The van der Waals surface area contributed by atoms with E-state index in [4.69, 9.17) is 5.14 Å². The molecule has 3 N–H and O–H groups in total. The Balaban J connectivity index is 1.76. The minimum absolute atomic E-state index is 0.198. The lowest BCUT2D eigenvalue weighted by Gasteiger charge is -2.33. The van der Waals surface area contributed by atoms with Gasteiger partial charge in [0, 0.05) is 18.6 Å². The van der Waals surface area contributed by atoms with Crippen molar-refractivity contribution in [1.82, 2.24) is 4.90 Å². The third-order valence-electron chi connectivity index (χ3n) is 4.47. The maximum absolute atomic E-state index is 14.1. The molecule has 7 heteroatoms. The van der Waals surface area contributed by atoms with E-state index in [0.29, 0.717) is 11.7 Å². The van der Waals surface area contributed by atoms with Crippen molar-refractivity contribution in [2.24, 2.45) is 5.14 Å². The molecule has 0 amide bonds. The SMILES string of the molecule is NS(=O)(=O)c1ccc(NC2CCN3CCCCC23)c(F)c1. The molecule has 2 heterocycles. The molecule has 1 aromatic rings. The zero-order chi connectivity index (χ0) is 15.0. The Morgan fingerprint density at radius 1 is 1.24 bits per heavy atom. The second-order valence-corrected chi connectivity index (χ2v) is 7.39. The fraction of sp³-hybridized carbons (Fsp3) is 0.571. The van der Waals surface area contributed by atoms with Gasteiger partial charge in [-0.3, -0.25) is 4.90 Å². The van der Waals surface area contributed by atoms with Crippen LogP contribution < -0.4 is 10.5 Å². The number of nitrogens with two attached hydrogens (primary N) is 1. The lowest BCUT2D eigenvalue weighted by Crippen LogP contribution is -2.41. The number of hydrogen-bond donors (Lipinski definition) is 2. The highest BCUT2D eigenvalue weighted by Crippen LogP contribution is 2.30. The molecule has 3 rings (SSSR count). The van der Waals surface area contributed by atoms with E-state index < -0.39 is 15.8 Å². The van der Waals surface area contributed by atoms with Crippen molar-refractivity contribution in [3.05, 3.63) is 24.0 Å². The van der Waals surface area contributed by atoms with Gasteiger partial charge >= 0.3 is 0 Å². The van der Waals surface area contributed by atoms with Gasteiger partial charge < -0.3 is 5.32 Å². The smallest absolute Gasteiger partial charge is 0.238 e. The Labute approximate surface area is 124 Å². The molecule has 0 saturated carbocycles. The van der Waals surface area contributed by atoms with Gasteiger partial charge in [-0.15, -0.1) is 0 Å². The number of piperidine rings is 1. The van der Waals surface area contributed by atoms with Crippen LogP contribution >= 0.6 is 0 Å². The number of rotatable bonds is 3. The summed E-state index contributed by atoms with van der Waals surface area (Å²) in [6.45, 7) is 2.16. The van der Waals surface area contributed by atoms with Gasteiger partial charge in [0.05, 0.1) is 10.6 Å². The number of sulfonamides is 1. The average molecular weight is 313 g/mol. The van der Waals surface area contributed by atoms with Crippen molar-refractivity contribution in [2.45, 2.75) is 42.7 Å². The third kappa shape index (κ3) is 3.04. The Bertz CT molecular complexity index is 635. The first-order chi connectivity index (χ1) is 9.95. The predicted octanol–water partition coefficient (Wildman–Crippen LogP) is 1.51. The zero-order valence-corrected chi connectivity index (χ0v) is 12.6. The molecule has 0 aliphatic carbocycles. The van der Waals surface area contributed by atoms with Gasteiger partial charge in [-0.2, -0.15) is 0 Å². The number of anilines is 1. The number of nitrogens with zero attached hydrogens (tertiary/aromatic N) is 1. The number of hydrogen-bond acceptors (Lipinski definition) is 4. The average Bonchev–Trinajstić information content (AvgIpc) is 2.83. The standard InChI is InChI=1S/C14H20FN3O2S/c15-11-9-10(21(16,19)20)4-5-12(11)17-13-6-8-18-7-2-1-3-14(13)18/h4-5,9,13-14,17H,1-3,6-8H2,(H2,16,19,20). The topological polar surface area (TPSA) is 75.4 Å². The summed E-state index contributed by atoms with van der Waals surface area (Å²) < 4.78 is 36.5. The Kier molecular flexibility index (Phi) is 3.90. The highest BCUT2D eigenvalue weighted by atomic mass is 32.2. The van der Waals surface area contributed by atoms with Crippen molar-refractivity contribution in [2.75, 3.05) is 18.4 Å². The maximum atomic E-state index is 14.1. The Hall–Kier alpha value is -1.18. The molecule has 0 radical (unpaired) electrons. The van der Waals surface area contributed by atoms with Gasteiger partial charge in [0.2, 0.25) is 10.0 Å². The number of fused-ring (bicyclic) bond motifs is 1. The van der Waals surface area contributed by atoms with E-state index in [0.717, 1.165) is 32.0 Å². The van der Waals surface area contributed by atoms with Crippen LogP contribution in [0, 0.1) is 5.82 Å². The molecular weight excluding hydrogens is 293 g/mol. The van der Waals surface area contributed by atoms with E-state index in [1.807, 2.05) is 0 Å². The summed E-state index contributed by atoms with van der Waals surface area (Å²) in [5.74, 6) is -0.573. The van der Waals surface area contributed by atoms with Crippen LogP contribution in [-0.2, 0) is 10.0 Å². The molecule has 0 spiro atoms. The highest BCUT2D eigenvalue weighted by molar-refractivity contribution is 7.89. The molecule has 2 unspecified atom stereocenters. The van der Waals surface area contributed by atoms with Gasteiger partial charge in [-0.25, -0.2) is 17.9 Å². The van der Waals surface area contributed by atoms with Crippen LogP contribution in [0.3, 0.4) is 0 Å². The predicted molar refractivity (Wildman–Crippen MR) is 79.0 cm³/mol. The van der Waals surface area contributed by atoms with Gasteiger partial charge in [-0.1, -0.05) is 6.42 Å². The molecule has 116 valence electrons. The molecule has 2 atom stereocenters. The first-order valence-corrected chi connectivity index (χ1v) is 8.83. The van der Waals surface area contributed by atoms with E-state index in [1.54, 1.807) is 0 Å². The molecule has 2 saturated heterocycles. The van der Waals surface area contributed by atoms with Crippen molar-refractivity contribution in [1.29, 1.82) is 0 Å². The fourth-order valence-corrected chi connectivity index (χ4v) is 3.93. The van der Waals surface area contributed by atoms with Crippen LogP contribution in [0.25, 0.3) is 0 Å². The quantitative estimate of drug-likeness (QED) is 0.887. The van der Waals surface area contributed by atoms with Gasteiger partial charge in [0.25, 0.3) is 0 Å². The van der Waals surface area contributed by atoms with Crippen LogP contribution in [0.1, 0.15) is 25.7 Å². The van der Waals surface area contributed by atoms with Crippen LogP contribution in [0.2, 0.25) is 0 Å². The summed E-state index contributed by atoms with van der Waals surface area (Å²) in [6, 6.07) is 4.45. The van der Waals surface area contributed by atoms with E-state index in [9.17, 15) is 12.8 Å². The summed E-state index contributed by atoms with van der Waals surface area (Å²) >= 11 is 0. The lowest BCUT2D eigenvalue weighted by molar-refractivity contribution is 0.192. The van der Waals surface area contributed by atoms with Crippen molar-refractivity contribution in [3.63, 3.8) is 0 Å². The Morgan fingerprint density at radius 2 is 2.05 bits per heavy atom. The Morgan fingerprint density at radius 3 is 2.76 bits per heavy atom. The second kappa shape index (κ2) is 5.55. The van der Waals surface area contributed by atoms with Crippen LogP contribution in [0.15, 0.2) is 23.1 Å². The number of nitrogens with one attached hydrogen (secondary N) is 1. The molecule has 2 fully saturated rings. The van der Waals surface area contributed by atoms with Crippen molar-refractivity contribution < 1.29 is 12.8 Å². The molecule has 5 nitrogen and oxygen atoms in total. The lowest BCUT2D eigenvalue weighted by atomic mass is 9.99. The molecule has 21 heavy (non-hydrogen) atoms. The summed E-state index contributed by atoms with van der Waals surface area (Å²) in [5.41, 5.74) is 0.347. The minimum Gasteiger partial charge on any atom is -0.378 e. The molecule has 1 aromatic carbocycles.